The average molecular weight is 241 g/mol. The van der Waals surface area contributed by atoms with Crippen molar-refractivity contribution in [1.82, 2.24) is 0 Å². The van der Waals surface area contributed by atoms with Gasteiger partial charge in [-0.25, -0.2) is 9.59 Å². The Kier molecular flexibility index (Phi) is 3.68. The van der Waals surface area contributed by atoms with Gasteiger partial charge in [-0.2, -0.15) is 0 Å². The fourth-order valence-corrected chi connectivity index (χ4v) is 1.11. The first kappa shape index (κ1) is 12.3. The number of aromatic carboxylic acids is 1. The number of halogens is 1. The summed E-state index contributed by atoms with van der Waals surface area (Å²) in [6.07, 6.45) is 0. The maximum Gasteiger partial charge on any atom is 0.339 e. The second-order valence-corrected chi connectivity index (χ2v) is 3.55. The van der Waals surface area contributed by atoms with Crippen LogP contribution in [0.1, 0.15) is 17.3 Å². The highest BCUT2D eigenvalue weighted by Gasteiger charge is 2.15. The molecule has 0 atom stereocenters. The first-order valence-electron chi connectivity index (χ1n) is 4.32. The zero-order chi connectivity index (χ0) is 12.3. The predicted octanol–water partition coefficient (Wildman–Crippen LogP) is 2.52. The lowest BCUT2D eigenvalue weighted by Crippen LogP contribution is -2.11. The van der Waals surface area contributed by atoms with E-state index in [1.54, 1.807) is 0 Å². The van der Waals surface area contributed by atoms with Gasteiger partial charge in [0.05, 0.1) is 0 Å². The molecule has 0 aliphatic carbocycles. The van der Waals surface area contributed by atoms with Crippen LogP contribution in [-0.4, -0.2) is 17.0 Å². The Balaban J connectivity index is 3.10. The molecule has 1 aromatic carbocycles. The molecule has 0 aliphatic rings. The third-order valence-electron chi connectivity index (χ3n) is 1.73. The predicted molar refractivity (Wildman–Crippen MR) is 58.9 cm³/mol. The second-order valence-electron chi connectivity index (χ2n) is 3.12. The van der Waals surface area contributed by atoms with Crippen molar-refractivity contribution in [2.75, 3.05) is 0 Å². The Morgan fingerprint density at radius 3 is 2.56 bits per heavy atom. The van der Waals surface area contributed by atoms with E-state index in [1.807, 2.05) is 0 Å². The number of esters is 1. The molecular formula is C11H9ClO4. The molecule has 4 nitrogen and oxygen atoms in total. The number of carbonyl (C=O) groups is 2. The quantitative estimate of drug-likeness (QED) is 0.501. The van der Waals surface area contributed by atoms with Gasteiger partial charge in [0.25, 0.3) is 0 Å². The van der Waals surface area contributed by atoms with Crippen LogP contribution in [0, 0.1) is 0 Å². The lowest BCUT2D eigenvalue weighted by molar-refractivity contribution is -0.130. The van der Waals surface area contributed by atoms with Gasteiger partial charge in [-0.15, -0.1) is 0 Å². The molecule has 0 amide bonds. The highest BCUT2D eigenvalue weighted by atomic mass is 35.5. The van der Waals surface area contributed by atoms with Gasteiger partial charge >= 0.3 is 11.9 Å². The second kappa shape index (κ2) is 4.81. The Hall–Kier alpha value is -1.81. The molecule has 0 saturated heterocycles. The van der Waals surface area contributed by atoms with Crippen LogP contribution >= 0.6 is 11.6 Å². The van der Waals surface area contributed by atoms with Gasteiger partial charge in [0, 0.05) is 16.7 Å². The molecule has 0 aromatic heterocycles. The summed E-state index contributed by atoms with van der Waals surface area (Å²) in [5, 5.41) is 9.14. The van der Waals surface area contributed by atoms with Crippen LogP contribution in [0.15, 0.2) is 30.4 Å². The molecule has 0 fully saturated rings. The summed E-state index contributed by atoms with van der Waals surface area (Å²) >= 11 is 5.68. The monoisotopic (exact) mass is 240 g/mol. The first-order chi connectivity index (χ1) is 7.41. The third kappa shape index (κ3) is 2.84. The van der Waals surface area contributed by atoms with Crippen LogP contribution in [0.2, 0.25) is 5.02 Å². The average Bonchev–Trinajstić information content (AvgIpc) is 2.16. The molecule has 84 valence electrons. The SMILES string of the molecule is C=C(C)C(=O)Oc1cc(Cl)ccc1C(=O)O. The summed E-state index contributed by atoms with van der Waals surface area (Å²) < 4.78 is 4.85. The normalized spacial score (nSPS) is 9.62. The van der Waals surface area contributed by atoms with Crippen molar-refractivity contribution in [3.05, 3.63) is 40.9 Å². The van der Waals surface area contributed by atoms with Crippen molar-refractivity contribution in [2.45, 2.75) is 6.92 Å². The summed E-state index contributed by atoms with van der Waals surface area (Å²) in [4.78, 5) is 22.1. The van der Waals surface area contributed by atoms with Gasteiger partial charge in [-0.05, 0) is 19.1 Å². The number of carboxylic acids is 1. The smallest absolute Gasteiger partial charge is 0.339 e. The molecule has 0 unspecified atom stereocenters. The van der Waals surface area contributed by atoms with E-state index in [0.717, 1.165) is 0 Å². The Labute approximate surface area is 97.1 Å². The van der Waals surface area contributed by atoms with Crippen LogP contribution in [0.25, 0.3) is 0 Å². The van der Waals surface area contributed by atoms with Crippen molar-refractivity contribution in [3.8, 4) is 5.75 Å². The van der Waals surface area contributed by atoms with E-state index in [9.17, 15) is 9.59 Å². The molecule has 1 N–H and O–H groups in total. The molecule has 0 saturated carbocycles. The van der Waals surface area contributed by atoms with E-state index in [-0.39, 0.29) is 21.9 Å². The maximum atomic E-state index is 11.2. The minimum atomic E-state index is -1.19. The van der Waals surface area contributed by atoms with Crippen LogP contribution in [0.3, 0.4) is 0 Å². The standard InChI is InChI=1S/C11H9ClO4/c1-6(2)11(15)16-9-5-7(12)3-4-8(9)10(13)14/h3-5H,1H2,2H3,(H,13,14). The minimum Gasteiger partial charge on any atom is -0.478 e. The molecule has 16 heavy (non-hydrogen) atoms. The lowest BCUT2D eigenvalue weighted by Gasteiger charge is -2.07. The number of carbonyl (C=O) groups excluding carboxylic acids is 1. The minimum absolute atomic E-state index is 0.0898. The molecular weight excluding hydrogens is 232 g/mol. The van der Waals surface area contributed by atoms with Crippen LogP contribution in [0.4, 0.5) is 0 Å². The summed E-state index contributed by atoms with van der Waals surface area (Å²) in [6, 6.07) is 3.95. The van der Waals surface area contributed by atoms with E-state index < -0.39 is 11.9 Å². The topological polar surface area (TPSA) is 63.6 Å². The lowest BCUT2D eigenvalue weighted by atomic mass is 10.2. The highest BCUT2D eigenvalue weighted by Crippen LogP contribution is 2.24. The van der Waals surface area contributed by atoms with Crippen LogP contribution in [-0.2, 0) is 4.79 Å². The number of hydrogen-bond donors (Lipinski definition) is 1. The van der Waals surface area contributed by atoms with E-state index in [4.69, 9.17) is 21.4 Å². The van der Waals surface area contributed by atoms with Crippen LogP contribution < -0.4 is 4.74 Å². The number of ether oxygens (including phenoxy) is 1. The zero-order valence-electron chi connectivity index (χ0n) is 8.49. The summed E-state index contributed by atoms with van der Waals surface area (Å²) in [6.45, 7) is 4.86. The molecule has 1 rings (SSSR count). The number of benzene rings is 1. The van der Waals surface area contributed by atoms with Gasteiger partial charge in [0.2, 0.25) is 0 Å². The van der Waals surface area contributed by atoms with Gasteiger partial charge in [-0.1, -0.05) is 18.2 Å². The Morgan fingerprint density at radius 2 is 2.06 bits per heavy atom. The van der Waals surface area contributed by atoms with Crippen molar-refractivity contribution < 1.29 is 19.4 Å². The number of carboxylic acid groups (broad SMARTS) is 1. The third-order valence-corrected chi connectivity index (χ3v) is 1.96. The number of hydrogen-bond acceptors (Lipinski definition) is 3. The van der Waals surface area contributed by atoms with Crippen molar-refractivity contribution in [1.29, 1.82) is 0 Å². The van der Waals surface area contributed by atoms with Gasteiger partial charge in [0.1, 0.15) is 11.3 Å². The molecule has 0 bridgehead atoms. The Morgan fingerprint density at radius 1 is 1.44 bits per heavy atom. The van der Waals surface area contributed by atoms with Crippen molar-refractivity contribution in [2.24, 2.45) is 0 Å². The summed E-state index contributed by atoms with van der Waals surface area (Å²) in [7, 11) is 0. The van der Waals surface area contributed by atoms with Gasteiger partial charge < -0.3 is 9.84 Å². The van der Waals surface area contributed by atoms with E-state index in [0.29, 0.717) is 0 Å². The first-order valence-corrected chi connectivity index (χ1v) is 4.70. The molecule has 0 aliphatic heterocycles. The molecule has 0 radical (unpaired) electrons. The molecule has 5 heteroatoms. The molecule has 1 aromatic rings. The molecule has 0 heterocycles. The summed E-state index contributed by atoms with van der Waals surface area (Å²) in [5.41, 5.74) is 0.0512. The maximum absolute atomic E-state index is 11.2. The van der Waals surface area contributed by atoms with Crippen molar-refractivity contribution in [3.63, 3.8) is 0 Å². The van der Waals surface area contributed by atoms with Gasteiger partial charge in [-0.3, -0.25) is 0 Å². The summed E-state index contributed by atoms with van der Waals surface area (Å²) in [5.74, 6) is -1.97. The zero-order valence-corrected chi connectivity index (χ0v) is 9.25. The van der Waals surface area contributed by atoms with E-state index in [2.05, 4.69) is 6.58 Å². The Bertz CT molecular complexity index is 465. The molecule has 0 spiro atoms. The van der Waals surface area contributed by atoms with Gasteiger partial charge in [0.15, 0.2) is 0 Å². The van der Waals surface area contributed by atoms with Crippen molar-refractivity contribution >= 4 is 23.5 Å². The fraction of sp³-hybridized carbons (Fsp3) is 0.0909. The fourth-order valence-electron chi connectivity index (χ4n) is 0.944. The van der Waals surface area contributed by atoms with E-state index in [1.165, 1.54) is 25.1 Å². The number of rotatable bonds is 3. The van der Waals surface area contributed by atoms with Crippen LogP contribution in [0.5, 0.6) is 5.75 Å². The largest absolute Gasteiger partial charge is 0.478 e. The highest BCUT2D eigenvalue weighted by molar-refractivity contribution is 6.30. The van der Waals surface area contributed by atoms with E-state index >= 15 is 0 Å².